The molecule has 1 aliphatic rings. The number of rotatable bonds is 5. The summed E-state index contributed by atoms with van der Waals surface area (Å²) in [5.41, 5.74) is -1.94. The number of aromatic nitrogens is 3. The minimum absolute atomic E-state index is 0.0144. The minimum atomic E-state index is -1.83. The molecule has 0 saturated carbocycles. The molecule has 1 atom stereocenters. The van der Waals surface area contributed by atoms with E-state index in [1.807, 2.05) is 0 Å². The average Bonchev–Trinajstić information content (AvgIpc) is 2.73. The predicted octanol–water partition coefficient (Wildman–Crippen LogP) is 4.56. The van der Waals surface area contributed by atoms with Crippen LogP contribution in [0.15, 0.2) is 54.0 Å². The normalized spacial score (nSPS) is 15.6. The Labute approximate surface area is 180 Å². The number of amides is 2. The summed E-state index contributed by atoms with van der Waals surface area (Å²) in [6.07, 6.45) is 2.89. The molecule has 32 heavy (non-hydrogen) atoms. The Morgan fingerprint density at radius 1 is 1.19 bits per heavy atom. The number of alkyl halides is 1. The average molecular weight is 442 g/mol. The zero-order chi connectivity index (χ0) is 22.9. The molecule has 1 unspecified atom stereocenters. The van der Waals surface area contributed by atoms with Crippen molar-refractivity contribution in [3.63, 3.8) is 0 Å². The lowest BCUT2D eigenvalue weighted by Crippen LogP contribution is -2.57. The van der Waals surface area contributed by atoms with Gasteiger partial charge in [0.25, 0.3) is 0 Å². The van der Waals surface area contributed by atoms with Crippen LogP contribution >= 0.6 is 0 Å². The van der Waals surface area contributed by atoms with E-state index in [0.717, 1.165) is 6.07 Å². The number of carbonyl (C=O) groups excluding carboxylic acids is 1. The Bertz CT molecular complexity index is 1170. The summed E-state index contributed by atoms with van der Waals surface area (Å²) in [5.74, 6) is -2.28. The maximum Gasteiger partial charge on any atom is 0.323 e. The Hall–Kier alpha value is -3.89. The second-order valence-corrected chi connectivity index (χ2v) is 7.46. The predicted molar refractivity (Wildman–Crippen MR) is 110 cm³/mol. The summed E-state index contributed by atoms with van der Waals surface area (Å²) in [4.78, 5) is 37.0. The van der Waals surface area contributed by atoms with Crippen LogP contribution in [0, 0.1) is 22.5 Å². The van der Waals surface area contributed by atoms with E-state index in [-0.39, 0.29) is 41.7 Å². The number of benzene rings is 1. The van der Waals surface area contributed by atoms with Gasteiger partial charge in [-0.3, -0.25) is 5.32 Å². The van der Waals surface area contributed by atoms with Gasteiger partial charge in [-0.1, -0.05) is 0 Å². The number of halogens is 3. The van der Waals surface area contributed by atoms with Crippen molar-refractivity contribution >= 4 is 17.5 Å². The number of urea groups is 1. The van der Waals surface area contributed by atoms with Crippen LogP contribution in [-0.4, -0.2) is 39.0 Å². The second-order valence-electron chi connectivity index (χ2n) is 7.46. The number of hydrogen-bond acceptors (Lipinski definition) is 6. The number of likely N-dealkylation sites (tertiary alicyclic amines) is 1. The highest BCUT2D eigenvalue weighted by Crippen LogP contribution is 2.38. The number of anilines is 1. The third-order valence-corrected chi connectivity index (χ3v) is 5.34. The van der Waals surface area contributed by atoms with E-state index in [0.29, 0.717) is 6.07 Å². The van der Waals surface area contributed by atoms with Crippen LogP contribution in [-0.2, 0) is 5.67 Å². The molecule has 1 aromatic carbocycles. The highest BCUT2D eigenvalue weighted by atomic mass is 19.1. The SMILES string of the molecule is CC(F)(c1ncccn1)C1CN(C(=O)Nc2nc(-c3ccc(F)cc3F)ccc2N=O)C1. The van der Waals surface area contributed by atoms with Gasteiger partial charge in [0.1, 0.15) is 11.6 Å². The summed E-state index contributed by atoms with van der Waals surface area (Å²) in [5, 5.41) is 5.26. The fourth-order valence-corrected chi connectivity index (χ4v) is 3.37. The van der Waals surface area contributed by atoms with Gasteiger partial charge in [0, 0.05) is 43.0 Å². The highest BCUT2D eigenvalue weighted by Gasteiger charge is 2.47. The Kier molecular flexibility index (Phi) is 5.56. The van der Waals surface area contributed by atoms with E-state index in [1.54, 1.807) is 6.07 Å². The maximum atomic E-state index is 15.1. The molecular formula is C21H17F3N6O2. The topological polar surface area (TPSA) is 100 Å². The van der Waals surface area contributed by atoms with Crippen molar-refractivity contribution in [2.45, 2.75) is 12.6 Å². The minimum Gasteiger partial charge on any atom is -0.324 e. The highest BCUT2D eigenvalue weighted by molar-refractivity contribution is 5.92. The molecule has 1 aliphatic heterocycles. The first-order chi connectivity index (χ1) is 15.3. The first kappa shape index (κ1) is 21.3. The third kappa shape index (κ3) is 4.01. The van der Waals surface area contributed by atoms with E-state index in [1.165, 1.54) is 42.4 Å². The molecule has 11 heteroatoms. The third-order valence-electron chi connectivity index (χ3n) is 5.34. The summed E-state index contributed by atoms with van der Waals surface area (Å²) in [7, 11) is 0. The van der Waals surface area contributed by atoms with E-state index in [4.69, 9.17) is 0 Å². The molecule has 2 aromatic heterocycles. The van der Waals surface area contributed by atoms with E-state index >= 15 is 4.39 Å². The van der Waals surface area contributed by atoms with Crippen molar-refractivity contribution < 1.29 is 18.0 Å². The number of hydrogen-bond donors (Lipinski definition) is 1. The molecule has 1 N–H and O–H groups in total. The maximum absolute atomic E-state index is 15.1. The molecule has 2 amide bonds. The van der Waals surface area contributed by atoms with Gasteiger partial charge in [0.05, 0.1) is 5.69 Å². The zero-order valence-corrected chi connectivity index (χ0v) is 16.8. The van der Waals surface area contributed by atoms with Crippen molar-refractivity contribution in [3.05, 3.63) is 71.2 Å². The lowest BCUT2D eigenvalue weighted by molar-refractivity contribution is -0.00342. The number of nitrogens with one attached hydrogen (secondary N) is 1. The molecule has 0 aliphatic carbocycles. The van der Waals surface area contributed by atoms with Crippen LogP contribution < -0.4 is 5.32 Å². The lowest BCUT2D eigenvalue weighted by atomic mass is 9.84. The number of nitroso groups, excluding NO2 is 1. The van der Waals surface area contributed by atoms with E-state index in [9.17, 15) is 18.5 Å². The van der Waals surface area contributed by atoms with Gasteiger partial charge in [0.2, 0.25) is 0 Å². The molecule has 0 radical (unpaired) electrons. The first-order valence-electron chi connectivity index (χ1n) is 9.61. The zero-order valence-electron chi connectivity index (χ0n) is 16.8. The molecule has 4 rings (SSSR count). The summed E-state index contributed by atoms with van der Waals surface area (Å²) < 4.78 is 42.4. The number of carbonyl (C=O) groups is 1. The van der Waals surface area contributed by atoms with Gasteiger partial charge in [-0.05, 0) is 42.4 Å². The first-order valence-corrected chi connectivity index (χ1v) is 9.61. The van der Waals surface area contributed by atoms with Gasteiger partial charge in [-0.15, -0.1) is 4.91 Å². The molecule has 0 spiro atoms. The van der Waals surface area contributed by atoms with E-state index in [2.05, 4.69) is 25.4 Å². The molecule has 1 fully saturated rings. The molecule has 8 nitrogen and oxygen atoms in total. The van der Waals surface area contributed by atoms with Crippen molar-refractivity contribution in [2.75, 3.05) is 18.4 Å². The largest absolute Gasteiger partial charge is 0.324 e. The Morgan fingerprint density at radius 2 is 1.91 bits per heavy atom. The molecule has 1 saturated heterocycles. The number of nitrogens with zero attached hydrogens (tertiary/aromatic N) is 5. The summed E-state index contributed by atoms with van der Waals surface area (Å²) in [6, 6.07) is 6.51. The van der Waals surface area contributed by atoms with Gasteiger partial charge < -0.3 is 4.90 Å². The van der Waals surface area contributed by atoms with Gasteiger partial charge in [0.15, 0.2) is 23.0 Å². The van der Waals surface area contributed by atoms with Gasteiger partial charge >= 0.3 is 6.03 Å². The van der Waals surface area contributed by atoms with Crippen LogP contribution in [0.1, 0.15) is 12.7 Å². The monoisotopic (exact) mass is 442 g/mol. The molecule has 3 aromatic rings. The van der Waals surface area contributed by atoms with Crippen LogP contribution in [0.4, 0.5) is 29.5 Å². The fraction of sp³-hybridized carbons (Fsp3) is 0.238. The lowest BCUT2D eigenvalue weighted by Gasteiger charge is -2.44. The smallest absolute Gasteiger partial charge is 0.323 e. The van der Waals surface area contributed by atoms with Crippen LogP contribution in [0.3, 0.4) is 0 Å². The quantitative estimate of drug-likeness (QED) is 0.584. The van der Waals surface area contributed by atoms with Crippen molar-refractivity contribution in [2.24, 2.45) is 11.1 Å². The van der Waals surface area contributed by atoms with Crippen molar-refractivity contribution in [3.8, 4) is 11.3 Å². The molecule has 0 bridgehead atoms. The Morgan fingerprint density at radius 3 is 2.56 bits per heavy atom. The van der Waals surface area contributed by atoms with Crippen LogP contribution in [0.5, 0.6) is 0 Å². The summed E-state index contributed by atoms with van der Waals surface area (Å²) in [6.45, 7) is 1.54. The number of pyridine rings is 1. The van der Waals surface area contributed by atoms with Crippen molar-refractivity contribution in [1.29, 1.82) is 0 Å². The molecular weight excluding hydrogens is 425 g/mol. The van der Waals surface area contributed by atoms with E-state index < -0.39 is 29.3 Å². The standard InChI is InChI=1S/C21H17F3N6O2/c1-21(24,19-25-7-2-8-26-19)12-10-30(11-12)20(31)28-18-17(29-32)6-5-16(27-18)14-4-3-13(22)9-15(14)23/h2-9,12H,10-11H2,1H3,(H,27,28,31). The van der Waals surface area contributed by atoms with Crippen LogP contribution in [0.25, 0.3) is 11.3 Å². The van der Waals surface area contributed by atoms with Crippen LogP contribution in [0.2, 0.25) is 0 Å². The molecule has 3 heterocycles. The fourth-order valence-electron chi connectivity index (χ4n) is 3.37. The van der Waals surface area contributed by atoms with Gasteiger partial charge in [-0.25, -0.2) is 32.9 Å². The second kappa shape index (κ2) is 8.33. The Balaban J connectivity index is 1.48. The molecule has 164 valence electrons. The summed E-state index contributed by atoms with van der Waals surface area (Å²) >= 11 is 0. The van der Waals surface area contributed by atoms with Crippen molar-refractivity contribution in [1.82, 2.24) is 19.9 Å². The van der Waals surface area contributed by atoms with Gasteiger partial charge in [-0.2, -0.15) is 0 Å².